The first-order valence-electron chi connectivity index (χ1n) is 7.35. The van der Waals surface area contributed by atoms with E-state index in [1.165, 1.54) is 10.7 Å². The number of carbonyl (C=O) groups excluding carboxylic acids is 1. The van der Waals surface area contributed by atoms with Crippen molar-refractivity contribution in [2.24, 2.45) is 0 Å². The fraction of sp³-hybridized carbons (Fsp3) is 0.333. The highest BCUT2D eigenvalue weighted by Crippen LogP contribution is 2.25. The lowest BCUT2D eigenvalue weighted by atomic mass is 10.3. The van der Waals surface area contributed by atoms with Crippen LogP contribution >= 0.6 is 15.9 Å². The van der Waals surface area contributed by atoms with Gasteiger partial charge in [0.15, 0.2) is 12.1 Å². The fourth-order valence-corrected chi connectivity index (χ4v) is 4.97. The SMILES string of the molecule is Cc1ocnc1C(=O)N1CCN(S(=O)(=O)c2ccccc2Br)CC1. The Hall–Kier alpha value is -1.71. The third-order valence-electron chi connectivity index (χ3n) is 3.93. The molecule has 1 aliphatic heterocycles. The number of nitrogens with zero attached hydrogens (tertiary/aromatic N) is 3. The van der Waals surface area contributed by atoms with Crippen molar-refractivity contribution in [3.8, 4) is 0 Å². The molecular formula is C15H16BrN3O4S. The molecule has 0 spiro atoms. The summed E-state index contributed by atoms with van der Waals surface area (Å²) in [7, 11) is -3.59. The number of oxazole rings is 1. The van der Waals surface area contributed by atoms with Gasteiger partial charge in [-0.2, -0.15) is 4.31 Å². The molecule has 0 N–H and O–H groups in total. The molecule has 1 saturated heterocycles. The second-order valence-corrected chi connectivity index (χ2v) is 8.14. The Morgan fingerprint density at radius 3 is 2.46 bits per heavy atom. The van der Waals surface area contributed by atoms with Crippen molar-refractivity contribution in [1.82, 2.24) is 14.2 Å². The number of rotatable bonds is 3. The molecule has 0 bridgehead atoms. The second kappa shape index (κ2) is 6.66. The lowest BCUT2D eigenvalue weighted by Crippen LogP contribution is -2.50. The average Bonchev–Trinajstić information content (AvgIpc) is 3.00. The normalized spacial score (nSPS) is 16.3. The maximum absolute atomic E-state index is 12.7. The smallest absolute Gasteiger partial charge is 0.276 e. The van der Waals surface area contributed by atoms with Crippen LogP contribution in [0.2, 0.25) is 0 Å². The van der Waals surface area contributed by atoms with Crippen molar-refractivity contribution in [2.45, 2.75) is 11.8 Å². The van der Waals surface area contributed by atoms with E-state index in [0.29, 0.717) is 23.3 Å². The van der Waals surface area contributed by atoms with Crippen molar-refractivity contribution in [2.75, 3.05) is 26.2 Å². The summed E-state index contributed by atoms with van der Waals surface area (Å²) >= 11 is 3.28. The Labute approximate surface area is 148 Å². The van der Waals surface area contributed by atoms with Gasteiger partial charge in [0.2, 0.25) is 10.0 Å². The van der Waals surface area contributed by atoms with Crippen LogP contribution in [0.25, 0.3) is 0 Å². The maximum atomic E-state index is 12.7. The molecule has 3 rings (SSSR count). The molecule has 1 aromatic carbocycles. The van der Waals surface area contributed by atoms with Crippen LogP contribution < -0.4 is 0 Å². The summed E-state index contributed by atoms with van der Waals surface area (Å²) in [5.41, 5.74) is 0.275. The Morgan fingerprint density at radius 2 is 1.88 bits per heavy atom. The summed E-state index contributed by atoms with van der Waals surface area (Å²) in [4.78, 5) is 18.1. The van der Waals surface area contributed by atoms with Crippen LogP contribution in [0.1, 0.15) is 16.2 Å². The molecule has 0 radical (unpaired) electrons. The molecule has 2 heterocycles. The number of hydrogen-bond acceptors (Lipinski definition) is 5. The van der Waals surface area contributed by atoms with E-state index in [2.05, 4.69) is 20.9 Å². The Morgan fingerprint density at radius 1 is 1.21 bits per heavy atom. The van der Waals surface area contributed by atoms with Crippen molar-refractivity contribution in [3.05, 3.63) is 46.6 Å². The van der Waals surface area contributed by atoms with Gasteiger partial charge in [0.1, 0.15) is 5.76 Å². The average molecular weight is 414 g/mol. The summed E-state index contributed by atoms with van der Waals surface area (Å²) in [5, 5.41) is 0. The summed E-state index contributed by atoms with van der Waals surface area (Å²) < 4.78 is 32.4. The number of sulfonamides is 1. The van der Waals surface area contributed by atoms with Gasteiger partial charge in [0.25, 0.3) is 5.91 Å². The quantitative estimate of drug-likeness (QED) is 0.766. The molecule has 1 aromatic heterocycles. The van der Waals surface area contributed by atoms with Gasteiger partial charge >= 0.3 is 0 Å². The minimum absolute atomic E-state index is 0.233. The van der Waals surface area contributed by atoms with E-state index < -0.39 is 10.0 Å². The standard InChI is InChI=1S/C15H16BrN3O4S/c1-11-14(17-10-23-11)15(20)18-6-8-19(9-7-18)24(21,22)13-5-3-2-4-12(13)16/h2-5,10H,6-9H2,1H3. The molecule has 1 amide bonds. The van der Waals surface area contributed by atoms with Crippen LogP contribution in [0.3, 0.4) is 0 Å². The van der Waals surface area contributed by atoms with Crippen molar-refractivity contribution >= 4 is 31.9 Å². The number of benzene rings is 1. The van der Waals surface area contributed by atoms with Crippen LogP contribution in [-0.4, -0.2) is 54.7 Å². The lowest BCUT2D eigenvalue weighted by Gasteiger charge is -2.33. The number of hydrogen-bond donors (Lipinski definition) is 0. The molecule has 0 saturated carbocycles. The molecule has 7 nitrogen and oxygen atoms in total. The van der Waals surface area contributed by atoms with Gasteiger partial charge in [0.05, 0.1) is 4.90 Å². The number of piperazine rings is 1. The van der Waals surface area contributed by atoms with Crippen LogP contribution in [0, 0.1) is 6.92 Å². The van der Waals surface area contributed by atoms with Gasteiger partial charge in [0, 0.05) is 30.7 Å². The van der Waals surface area contributed by atoms with Gasteiger partial charge in [-0.25, -0.2) is 13.4 Å². The van der Waals surface area contributed by atoms with Crippen LogP contribution in [0.5, 0.6) is 0 Å². The van der Waals surface area contributed by atoms with Gasteiger partial charge in [-0.15, -0.1) is 0 Å². The highest BCUT2D eigenvalue weighted by Gasteiger charge is 2.32. The zero-order valence-corrected chi connectivity index (χ0v) is 15.4. The van der Waals surface area contributed by atoms with Crippen molar-refractivity contribution < 1.29 is 17.6 Å². The predicted molar refractivity (Wildman–Crippen MR) is 90.0 cm³/mol. The van der Waals surface area contributed by atoms with Crippen LogP contribution in [0.4, 0.5) is 0 Å². The Bertz CT molecular complexity index is 857. The summed E-state index contributed by atoms with van der Waals surface area (Å²) in [6.07, 6.45) is 1.23. The van der Waals surface area contributed by atoms with E-state index in [1.54, 1.807) is 36.1 Å². The van der Waals surface area contributed by atoms with E-state index in [4.69, 9.17) is 4.42 Å². The molecule has 9 heteroatoms. The molecule has 1 fully saturated rings. The van der Waals surface area contributed by atoms with Crippen LogP contribution in [0.15, 0.2) is 44.4 Å². The Kier molecular flexibility index (Phi) is 4.75. The molecule has 2 aromatic rings. The van der Waals surface area contributed by atoms with Gasteiger partial charge < -0.3 is 9.32 Å². The first-order valence-corrected chi connectivity index (χ1v) is 9.58. The molecule has 1 aliphatic rings. The zero-order valence-electron chi connectivity index (χ0n) is 13.0. The summed E-state index contributed by atoms with van der Waals surface area (Å²) in [5.74, 6) is 0.224. The van der Waals surface area contributed by atoms with Gasteiger partial charge in [-0.3, -0.25) is 4.79 Å². The van der Waals surface area contributed by atoms with E-state index in [1.807, 2.05) is 0 Å². The third kappa shape index (κ3) is 3.11. The first kappa shape index (κ1) is 17.1. The number of carbonyl (C=O) groups is 1. The van der Waals surface area contributed by atoms with Crippen molar-refractivity contribution in [1.29, 1.82) is 0 Å². The molecule has 24 heavy (non-hydrogen) atoms. The topological polar surface area (TPSA) is 83.7 Å². The second-order valence-electron chi connectivity index (χ2n) is 5.38. The van der Waals surface area contributed by atoms with E-state index in [9.17, 15) is 13.2 Å². The number of amides is 1. The molecule has 0 aliphatic carbocycles. The lowest BCUT2D eigenvalue weighted by molar-refractivity contribution is 0.0691. The van der Waals surface area contributed by atoms with Gasteiger partial charge in [-0.05, 0) is 35.0 Å². The first-order chi connectivity index (χ1) is 11.4. The monoisotopic (exact) mass is 413 g/mol. The number of aromatic nitrogens is 1. The van der Waals surface area contributed by atoms with Gasteiger partial charge in [-0.1, -0.05) is 12.1 Å². The third-order valence-corrected chi connectivity index (χ3v) is 6.84. The van der Waals surface area contributed by atoms with E-state index in [-0.39, 0.29) is 29.6 Å². The highest BCUT2D eigenvalue weighted by atomic mass is 79.9. The van der Waals surface area contributed by atoms with Crippen molar-refractivity contribution in [3.63, 3.8) is 0 Å². The summed E-state index contributed by atoms with van der Waals surface area (Å²) in [6.45, 7) is 2.79. The van der Waals surface area contributed by atoms with Crippen LogP contribution in [-0.2, 0) is 10.0 Å². The molecule has 0 atom stereocenters. The molecular weight excluding hydrogens is 398 g/mol. The van der Waals surface area contributed by atoms with E-state index in [0.717, 1.165) is 0 Å². The minimum atomic E-state index is -3.59. The predicted octanol–water partition coefficient (Wildman–Crippen LogP) is 1.89. The largest absolute Gasteiger partial charge is 0.448 e. The minimum Gasteiger partial charge on any atom is -0.448 e. The molecule has 128 valence electrons. The number of halogens is 1. The zero-order chi connectivity index (χ0) is 17.3. The maximum Gasteiger partial charge on any atom is 0.276 e. The summed E-state index contributed by atoms with van der Waals surface area (Å²) in [6, 6.07) is 6.71. The van der Waals surface area contributed by atoms with E-state index >= 15 is 0 Å². The fourth-order valence-electron chi connectivity index (χ4n) is 2.58. The molecule has 0 unspecified atom stereocenters. The Balaban J connectivity index is 1.72. The highest BCUT2D eigenvalue weighted by molar-refractivity contribution is 9.10. The number of aryl methyl sites for hydroxylation is 1.